The molecule has 1 fully saturated rings. The number of hydrogen-bond acceptors (Lipinski definition) is 4. The van der Waals surface area contributed by atoms with Crippen molar-refractivity contribution in [3.8, 4) is 5.75 Å². The number of likely N-dealkylation sites (tertiary alicyclic amines) is 1. The summed E-state index contributed by atoms with van der Waals surface area (Å²) in [4.78, 5) is 5.22. The second-order valence-electron chi connectivity index (χ2n) is 9.38. The molecule has 2 aromatic carbocycles. The Kier molecular flexibility index (Phi) is 9.29. The van der Waals surface area contributed by atoms with Gasteiger partial charge < -0.3 is 19.9 Å². The lowest BCUT2D eigenvalue weighted by atomic mass is 10.00. The van der Waals surface area contributed by atoms with Crippen molar-refractivity contribution in [2.24, 2.45) is 0 Å². The maximum Gasteiger partial charge on any atom is 0.119 e. The van der Waals surface area contributed by atoms with E-state index in [1.54, 1.807) is 0 Å². The topological polar surface area (TPSA) is 27.7 Å². The fraction of sp³-hybridized carbons (Fsp3) is 0.571. The molecule has 0 spiro atoms. The number of hydrogen-bond donors (Lipinski definition) is 1. The quantitative estimate of drug-likeness (QED) is 0.546. The molecule has 0 aliphatic carbocycles. The van der Waals surface area contributed by atoms with Gasteiger partial charge in [-0.05, 0) is 100.0 Å². The van der Waals surface area contributed by atoms with Crippen LogP contribution in [0.15, 0.2) is 48.5 Å². The van der Waals surface area contributed by atoms with E-state index < -0.39 is 0 Å². The molecule has 2 aliphatic heterocycles. The van der Waals surface area contributed by atoms with Crippen LogP contribution in [0.2, 0.25) is 0 Å². The molecule has 32 heavy (non-hydrogen) atoms. The van der Waals surface area contributed by atoms with Crippen LogP contribution in [0, 0.1) is 0 Å². The van der Waals surface area contributed by atoms with Gasteiger partial charge in [0.1, 0.15) is 5.75 Å². The monoisotopic (exact) mass is 435 g/mol. The molecule has 4 heteroatoms. The Morgan fingerprint density at radius 1 is 0.719 bits per heavy atom. The van der Waals surface area contributed by atoms with E-state index in [0.717, 1.165) is 44.8 Å². The highest BCUT2D eigenvalue weighted by Crippen LogP contribution is 2.22. The summed E-state index contributed by atoms with van der Waals surface area (Å²) in [7, 11) is 0. The van der Waals surface area contributed by atoms with Crippen LogP contribution < -0.4 is 10.1 Å². The van der Waals surface area contributed by atoms with E-state index in [4.69, 9.17) is 4.74 Å². The highest BCUT2D eigenvalue weighted by molar-refractivity contribution is 5.42. The lowest BCUT2D eigenvalue weighted by Gasteiger charge is -2.26. The number of ether oxygens (including phenoxy) is 1. The summed E-state index contributed by atoms with van der Waals surface area (Å²) in [6.07, 6.45) is 10.1. The molecule has 0 atom stereocenters. The Labute approximate surface area is 194 Å². The summed E-state index contributed by atoms with van der Waals surface area (Å²) in [5.74, 6) is 1.06. The Morgan fingerprint density at radius 3 is 2.34 bits per heavy atom. The average molecular weight is 436 g/mol. The van der Waals surface area contributed by atoms with Gasteiger partial charge in [0.05, 0.1) is 6.61 Å². The first kappa shape index (κ1) is 23.1. The molecule has 0 aromatic heterocycles. The maximum atomic E-state index is 6.14. The summed E-state index contributed by atoms with van der Waals surface area (Å²) in [5.41, 5.74) is 4.22. The lowest BCUT2D eigenvalue weighted by molar-refractivity contribution is 0.205. The number of para-hydroxylation sites is 1. The van der Waals surface area contributed by atoms with Crippen LogP contribution in [0.25, 0.3) is 0 Å². The van der Waals surface area contributed by atoms with Crippen molar-refractivity contribution >= 4 is 5.69 Å². The predicted octanol–water partition coefficient (Wildman–Crippen LogP) is 5.23. The number of anilines is 1. The van der Waals surface area contributed by atoms with Crippen molar-refractivity contribution in [1.29, 1.82) is 0 Å². The molecule has 0 radical (unpaired) electrons. The van der Waals surface area contributed by atoms with Gasteiger partial charge in [-0.2, -0.15) is 0 Å². The first-order chi connectivity index (χ1) is 15.9. The zero-order chi connectivity index (χ0) is 21.8. The molecule has 2 aromatic rings. The van der Waals surface area contributed by atoms with Crippen LogP contribution in [0.4, 0.5) is 5.69 Å². The Morgan fingerprint density at radius 2 is 1.50 bits per heavy atom. The number of fused-ring (bicyclic) bond motifs is 1. The molecular weight excluding hydrogens is 394 g/mol. The minimum atomic E-state index is 0.831. The van der Waals surface area contributed by atoms with Gasteiger partial charge >= 0.3 is 0 Å². The summed E-state index contributed by atoms with van der Waals surface area (Å²) in [6, 6.07) is 17.4. The van der Waals surface area contributed by atoms with Gasteiger partial charge in [0.15, 0.2) is 0 Å². The molecule has 0 saturated carbocycles. The fourth-order valence-corrected chi connectivity index (χ4v) is 5.01. The van der Waals surface area contributed by atoms with E-state index in [9.17, 15) is 0 Å². The average Bonchev–Trinajstić information content (AvgIpc) is 2.94. The van der Waals surface area contributed by atoms with Gasteiger partial charge in [0, 0.05) is 31.9 Å². The summed E-state index contributed by atoms with van der Waals surface area (Å²) >= 11 is 0. The van der Waals surface area contributed by atoms with Crippen LogP contribution in [-0.2, 0) is 12.8 Å². The van der Waals surface area contributed by atoms with Crippen molar-refractivity contribution in [2.45, 2.75) is 51.4 Å². The molecule has 1 saturated heterocycles. The summed E-state index contributed by atoms with van der Waals surface area (Å²) < 4.78 is 6.14. The van der Waals surface area contributed by atoms with Gasteiger partial charge in [-0.1, -0.05) is 30.7 Å². The standard InChI is InChI=1S/C28H41N3O/c1-3-11-27(12-4-1)29-16-22-31-19-8-5-10-26-24-28(14-13-25(26)15-21-31)32-23-9-20-30-17-6-2-7-18-30/h1,3-4,11-14,24,29H,2,5-10,15-23H2. The SMILES string of the molecule is c1ccc(NCCN2CCCCc3cc(OCCCN4CCCCC4)ccc3CC2)cc1. The largest absolute Gasteiger partial charge is 0.494 e. The van der Waals surface area contributed by atoms with Crippen molar-refractivity contribution in [1.82, 2.24) is 9.80 Å². The Hall–Kier alpha value is -2.04. The molecule has 2 heterocycles. The normalized spacial score (nSPS) is 18.2. The zero-order valence-corrected chi connectivity index (χ0v) is 19.7. The van der Waals surface area contributed by atoms with Crippen LogP contribution in [0.1, 0.15) is 49.7 Å². The Balaban J connectivity index is 1.21. The van der Waals surface area contributed by atoms with E-state index in [2.05, 4.69) is 63.6 Å². The number of aryl methyl sites for hydroxylation is 1. The molecule has 0 bridgehead atoms. The third-order valence-corrected chi connectivity index (χ3v) is 6.91. The predicted molar refractivity (Wildman–Crippen MR) is 135 cm³/mol. The minimum absolute atomic E-state index is 0.831. The highest BCUT2D eigenvalue weighted by Gasteiger charge is 2.13. The van der Waals surface area contributed by atoms with Crippen LogP contribution >= 0.6 is 0 Å². The van der Waals surface area contributed by atoms with E-state index in [0.29, 0.717) is 0 Å². The lowest BCUT2D eigenvalue weighted by Crippen LogP contribution is -2.31. The summed E-state index contributed by atoms with van der Waals surface area (Å²) in [6.45, 7) is 9.00. The van der Waals surface area contributed by atoms with Crippen molar-refractivity contribution in [3.05, 3.63) is 59.7 Å². The second kappa shape index (κ2) is 12.9. The van der Waals surface area contributed by atoms with Crippen molar-refractivity contribution in [2.75, 3.05) is 57.7 Å². The second-order valence-corrected chi connectivity index (χ2v) is 9.38. The molecule has 4 rings (SSSR count). The number of rotatable bonds is 9. The zero-order valence-electron chi connectivity index (χ0n) is 19.7. The molecule has 0 amide bonds. The number of benzene rings is 2. The van der Waals surface area contributed by atoms with Crippen molar-refractivity contribution in [3.63, 3.8) is 0 Å². The minimum Gasteiger partial charge on any atom is -0.494 e. The first-order valence-corrected chi connectivity index (χ1v) is 12.8. The molecule has 2 aliphatic rings. The van der Waals surface area contributed by atoms with Gasteiger partial charge in [-0.3, -0.25) is 0 Å². The van der Waals surface area contributed by atoms with Gasteiger partial charge in [0.25, 0.3) is 0 Å². The molecule has 1 N–H and O–H groups in total. The molecule has 4 nitrogen and oxygen atoms in total. The van der Waals surface area contributed by atoms with E-state index in [1.165, 1.54) is 81.5 Å². The molecule has 174 valence electrons. The number of nitrogens with zero attached hydrogens (tertiary/aromatic N) is 2. The Bertz CT molecular complexity index is 789. The van der Waals surface area contributed by atoms with Gasteiger partial charge in [-0.15, -0.1) is 0 Å². The number of nitrogens with one attached hydrogen (secondary N) is 1. The maximum absolute atomic E-state index is 6.14. The van der Waals surface area contributed by atoms with Crippen LogP contribution in [0.3, 0.4) is 0 Å². The highest BCUT2D eigenvalue weighted by atomic mass is 16.5. The molecule has 0 unspecified atom stereocenters. The number of piperidine rings is 1. The van der Waals surface area contributed by atoms with Crippen molar-refractivity contribution < 1.29 is 4.74 Å². The van der Waals surface area contributed by atoms with Gasteiger partial charge in [0.2, 0.25) is 0 Å². The molecular formula is C28H41N3O. The van der Waals surface area contributed by atoms with E-state index >= 15 is 0 Å². The fourth-order valence-electron chi connectivity index (χ4n) is 5.01. The third-order valence-electron chi connectivity index (χ3n) is 6.91. The van der Waals surface area contributed by atoms with E-state index in [1.807, 2.05) is 0 Å². The van der Waals surface area contributed by atoms with Crippen LogP contribution in [-0.4, -0.2) is 62.2 Å². The summed E-state index contributed by atoms with van der Waals surface area (Å²) in [5, 5.41) is 3.55. The smallest absolute Gasteiger partial charge is 0.119 e. The third kappa shape index (κ3) is 7.53. The van der Waals surface area contributed by atoms with E-state index in [-0.39, 0.29) is 0 Å². The first-order valence-electron chi connectivity index (χ1n) is 12.8. The van der Waals surface area contributed by atoms with Gasteiger partial charge in [-0.25, -0.2) is 0 Å². The van der Waals surface area contributed by atoms with Crippen LogP contribution in [0.5, 0.6) is 5.75 Å².